The van der Waals surface area contributed by atoms with E-state index in [2.05, 4.69) is 60.4 Å². The number of hydrogen-bond acceptors (Lipinski definition) is 3. The number of aromatic nitrogens is 2. The minimum atomic E-state index is -0.465. The molecule has 2 N–H and O–H groups in total. The van der Waals surface area contributed by atoms with E-state index in [4.69, 9.17) is 5.10 Å². The molecule has 2 fully saturated rings. The standard InChI is InChI=1S/C25H32N4O/c1-24(2,3)20-13-25(20)22-21-18(14-27-23(25)30)26-12-11-19(21)29(28-22)17-9-7-16(8-10-17)15-5-4-6-15/h7-10,15,18,20,26H,4-6,11-14H2,1-3H3,(H,27,30). The summed E-state index contributed by atoms with van der Waals surface area (Å²) in [5, 5.41) is 12.1. The number of fused-ring (bicyclic) bond motifs is 1. The lowest BCUT2D eigenvalue weighted by Crippen LogP contribution is -2.40. The molecule has 6 rings (SSSR count). The van der Waals surface area contributed by atoms with E-state index >= 15 is 0 Å². The first-order valence-corrected chi connectivity index (χ1v) is 11.6. The Balaban J connectivity index is 1.48. The van der Waals surface area contributed by atoms with Crippen LogP contribution in [-0.4, -0.2) is 28.8 Å². The number of carbonyl (C=O) groups is 1. The molecule has 1 spiro atoms. The summed E-state index contributed by atoms with van der Waals surface area (Å²) >= 11 is 0. The smallest absolute Gasteiger partial charge is 0.232 e. The lowest BCUT2D eigenvalue weighted by molar-refractivity contribution is -0.124. The molecule has 1 aromatic carbocycles. The molecule has 3 heterocycles. The Morgan fingerprint density at radius 3 is 2.57 bits per heavy atom. The summed E-state index contributed by atoms with van der Waals surface area (Å²) in [6.45, 7) is 8.34. The van der Waals surface area contributed by atoms with Crippen LogP contribution in [0.2, 0.25) is 0 Å². The third kappa shape index (κ3) is 2.51. The molecular formula is C25H32N4O. The second kappa shape index (κ2) is 6.19. The third-order valence-corrected chi connectivity index (χ3v) is 8.14. The van der Waals surface area contributed by atoms with E-state index in [1.807, 2.05) is 0 Å². The number of nitrogens with zero attached hydrogens (tertiary/aromatic N) is 2. The Labute approximate surface area is 178 Å². The van der Waals surface area contributed by atoms with Crippen LogP contribution in [0.25, 0.3) is 5.69 Å². The second-order valence-electron chi connectivity index (χ2n) is 10.9. The van der Waals surface area contributed by atoms with Gasteiger partial charge >= 0.3 is 0 Å². The molecule has 1 aromatic heterocycles. The van der Waals surface area contributed by atoms with Gasteiger partial charge in [-0.3, -0.25) is 4.79 Å². The molecule has 158 valence electrons. The van der Waals surface area contributed by atoms with E-state index in [0.717, 1.165) is 36.7 Å². The van der Waals surface area contributed by atoms with Crippen LogP contribution in [0.1, 0.15) is 80.9 Å². The van der Waals surface area contributed by atoms with Crippen molar-refractivity contribution in [2.75, 3.05) is 13.1 Å². The minimum absolute atomic E-state index is 0.0837. The maximum Gasteiger partial charge on any atom is 0.232 e. The van der Waals surface area contributed by atoms with Crippen LogP contribution in [0.15, 0.2) is 24.3 Å². The van der Waals surface area contributed by atoms with Crippen molar-refractivity contribution in [2.45, 2.75) is 70.3 Å². The van der Waals surface area contributed by atoms with Gasteiger partial charge in [-0.1, -0.05) is 39.3 Å². The quantitative estimate of drug-likeness (QED) is 0.801. The van der Waals surface area contributed by atoms with E-state index in [1.54, 1.807) is 0 Å². The summed E-state index contributed by atoms with van der Waals surface area (Å²) in [4.78, 5) is 13.3. The summed E-state index contributed by atoms with van der Waals surface area (Å²) < 4.78 is 2.15. The molecule has 0 bridgehead atoms. The van der Waals surface area contributed by atoms with Gasteiger partial charge in [-0.05, 0) is 54.2 Å². The lowest BCUT2D eigenvalue weighted by Gasteiger charge is -2.26. The van der Waals surface area contributed by atoms with Crippen LogP contribution < -0.4 is 10.6 Å². The molecule has 2 saturated carbocycles. The van der Waals surface area contributed by atoms with Crippen molar-refractivity contribution in [3.05, 3.63) is 46.8 Å². The zero-order valence-corrected chi connectivity index (χ0v) is 18.3. The highest BCUT2D eigenvalue weighted by Crippen LogP contribution is 2.63. The maximum absolute atomic E-state index is 13.3. The molecule has 0 saturated heterocycles. The monoisotopic (exact) mass is 404 g/mol. The van der Waals surface area contributed by atoms with Crippen LogP contribution in [-0.2, 0) is 16.6 Å². The van der Waals surface area contributed by atoms with Gasteiger partial charge in [-0.2, -0.15) is 5.10 Å². The zero-order chi connectivity index (χ0) is 20.7. The molecule has 5 nitrogen and oxygen atoms in total. The van der Waals surface area contributed by atoms with Crippen molar-refractivity contribution in [1.82, 2.24) is 20.4 Å². The summed E-state index contributed by atoms with van der Waals surface area (Å²) in [6.07, 6.45) is 5.85. The molecule has 3 unspecified atom stereocenters. The summed E-state index contributed by atoms with van der Waals surface area (Å²) in [6, 6.07) is 9.20. The van der Waals surface area contributed by atoms with Gasteiger partial charge < -0.3 is 10.6 Å². The van der Waals surface area contributed by atoms with Crippen LogP contribution >= 0.6 is 0 Å². The van der Waals surface area contributed by atoms with Gasteiger partial charge in [0.15, 0.2) is 0 Å². The van der Waals surface area contributed by atoms with Gasteiger partial charge in [-0.25, -0.2) is 4.68 Å². The molecule has 3 atom stereocenters. The molecule has 2 aromatic rings. The number of amides is 1. The maximum atomic E-state index is 13.3. The summed E-state index contributed by atoms with van der Waals surface area (Å²) in [5.41, 5.74) is 5.82. The van der Waals surface area contributed by atoms with E-state index in [0.29, 0.717) is 12.5 Å². The van der Waals surface area contributed by atoms with Crippen molar-refractivity contribution in [3.63, 3.8) is 0 Å². The second-order valence-corrected chi connectivity index (χ2v) is 10.9. The van der Waals surface area contributed by atoms with E-state index in [1.165, 1.54) is 36.1 Å². The van der Waals surface area contributed by atoms with Crippen LogP contribution in [0, 0.1) is 11.3 Å². The number of carbonyl (C=O) groups excluding carboxylic acids is 1. The lowest BCUT2D eigenvalue weighted by atomic mass is 9.80. The number of hydrogen-bond donors (Lipinski definition) is 2. The normalized spacial score (nSPS) is 30.4. The van der Waals surface area contributed by atoms with Crippen molar-refractivity contribution in [1.29, 1.82) is 0 Å². The summed E-state index contributed by atoms with van der Waals surface area (Å²) in [5.74, 6) is 1.25. The van der Waals surface area contributed by atoms with Gasteiger partial charge in [-0.15, -0.1) is 0 Å². The highest BCUT2D eigenvalue weighted by molar-refractivity contribution is 5.93. The fourth-order valence-corrected chi connectivity index (χ4v) is 6.17. The molecule has 1 amide bonds. The van der Waals surface area contributed by atoms with E-state index < -0.39 is 5.41 Å². The number of rotatable bonds is 2. The molecule has 0 radical (unpaired) electrons. The Hall–Kier alpha value is -2.14. The largest absolute Gasteiger partial charge is 0.353 e. The predicted molar refractivity (Wildman–Crippen MR) is 117 cm³/mol. The Morgan fingerprint density at radius 1 is 1.17 bits per heavy atom. The average molecular weight is 405 g/mol. The first-order chi connectivity index (χ1) is 14.4. The molecular weight excluding hydrogens is 372 g/mol. The van der Waals surface area contributed by atoms with Gasteiger partial charge in [0.25, 0.3) is 0 Å². The predicted octanol–water partition coefficient (Wildman–Crippen LogP) is 3.76. The van der Waals surface area contributed by atoms with Crippen molar-refractivity contribution < 1.29 is 4.79 Å². The van der Waals surface area contributed by atoms with Crippen molar-refractivity contribution in [2.24, 2.45) is 11.3 Å². The van der Waals surface area contributed by atoms with Crippen LogP contribution in [0.3, 0.4) is 0 Å². The van der Waals surface area contributed by atoms with Crippen LogP contribution in [0.4, 0.5) is 0 Å². The highest BCUT2D eigenvalue weighted by atomic mass is 16.2. The Morgan fingerprint density at radius 2 is 1.93 bits per heavy atom. The first-order valence-electron chi connectivity index (χ1n) is 11.6. The molecule has 4 aliphatic rings. The average Bonchev–Trinajstić information content (AvgIpc) is 3.36. The van der Waals surface area contributed by atoms with Gasteiger partial charge in [0.2, 0.25) is 5.91 Å². The number of benzene rings is 1. The minimum Gasteiger partial charge on any atom is -0.353 e. The molecule has 5 heteroatoms. The Kier molecular flexibility index (Phi) is 3.84. The third-order valence-electron chi connectivity index (χ3n) is 8.14. The summed E-state index contributed by atoms with van der Waals surface area (Å²) in [7, 11) is 0. The molecule has 2 aliphatic carbocycles. The van der Waals surface area contributed by atoms with Crippen molar-refractivity contribution in [3.8, 4) is 5.69 Å². The van der Waals surface area contributed by atoms with E-state index in [9.17, 15) is 4.79 Å². The first kappa shape index (κ1) is 18.6. The number of nitrogens with one attached hydrogen (secondary N) is 2. The molecule has 2 aliphatic heterocycles. The Bertz CT molecular complexity index is 1010. The fourth-order valence-electron chi connectivity index (χ4n) is 6.17. The van der Waals surface area contributed by atoms with Crippen molar-refractivity contribution >= 4 is 5.91 Å². The fraction of sp³-hybridized carbons (Fsp3) is 0.600. The van der Waals surface area contributed by atoms with E-state index in [-0.39, 0.29) is 17.4 Å². The highest BCUT2D eigenvalue weighted by Gasteiger charge is 2.68. The van der Waals surface area contributed by atoms with Gasteiger partial charge in [0.05, 0.1) is 28.5 Å². The SMILES string of the molecule is CC(C)(C)C1CC12C(=O)NCC1NCCc3c1c2nn3-c1ccc(C2CCC2)cc1. The van der Waals surface area contributed by atoms with Gasteiger partial charge in [0, 0.05) is 25.1 Å². The zero-order valence-electron chi connectivity index (χ0n) is 18.3. The topological polar surface area (TPSA) is 59.0 Å². The van der Waals surface area contributed by atoms with Crippen LogP contribution in [0.5, 0.6) is 0 Å². The van der Waals surface area contributed by atoms with Gasteiger partial charge in [0.1, 0.15) is 0 Å². The molecule has 30 heavy (non-hydrogen) atoms.